The van der Waals surface area contributed by atoms with Crippen molar-refractivity contribution >= 4 is 0 Å². The van der Waals surface area contributed by atoms with Gasteiger partial charge in [-0.15, -0.1) is 0 Å². The van der Waals surface area contributed by atoms with Crippen LogP contribution in [0.5, 0.6) is 0 Å². The Balaban J connectivity index is 2.14. The lowest BCUT2D eigenvalue weighted by Gasteiger charge is -2.27. The standard InChI is InChI=1S/C11H23NO/c1-9(2)8-10(3)12-11-4-6-13-7-5-11/h9-12H,4-8H2,1-3H3. The van der Waals surface area contributed by atoms with Crippen LogP contribution in [-0.2, 0) is 4.74 Å². The third-order valence-electron chi connectivity index (χ3n) is 2.57. The highest BCUT2D eigenvalue weighted by Gasteiger charge is 2.15. The van der Waals surface area contributed by atoms with Gasteiger partial charge in [0, 0.05) is 25.3 Å². The molecule has 1 N–H and O–H groups in total. The lowest BCUT2D eigenvalue weighted by atomic mass is 10.0. The summed E-state index contributed by atoms with van der Waals surface area (Å²) in [5.74, 6) is 0.794. The zero-order chi connectivity index (χ0) is 9.68. The third-order valence-corrected chi connectivity index (χ3v) is 2.57. The van der Waals surface area contributed by atoms with E-state index in [0.29, 0.717) is 12.1 Å². The second-order valence-electron chi connectivity index (χ2n) is 4.58. The Morgan fingerprint density at radius 3 is 2.38 bits per heavy atom. The molecule has 1 aliphatic heterocycles. The molecule has 78 valence electrons. The van der Waals surface area contributed by atoms with Crippen molar-refractivity contribution in [1.82, 2.24) is 5.32 Å². The minimum absolute atomic E-state index is 0.656. The van der Waals surface area contributed by atoms with E-state index in [4.69, 9.17) is 4.74 Å². The van der Waals surface area contributed by atoms with E-state index in [1.165, 1.54) is 19.3 Å². The molecule has 1 atom stereocenters. The topological polar surface area (TPSA) is 21.3 Å². The van der Waals surface area contributed by atoms with Gasteiger partial charge in [0.15, 0.2) is 0 Å². The quantitative estimate of drug-likeness (QED) is 0.725. The number of hydrogen-bond donors (Lipinski definition) is 1. The normalized spacial score (nSPS) is 22.2. The van der Waals surface area contributed by atoms with E-state index in [9.17, 15) is 0 Å². The van der Waals surface area contributed by atoms with Crippen molar-refractivity contribution < 1.29 is 4.74 Å². The lowest BCUT2D eigenvalue weighted by Crippen LogP contribution is -2.40. The fraction of sp³-hybridized carbons (Fsp3) is 1.00. The SMILES string of the molecule is CC(C)CC(C)NC1CCOCC1. The second kappa shape index (κ2) is 5.61. The van der Waals surface area contributed by atoms with Crippen molar-refractivity contribution in [2.45, 2.75) is 52.1 Å². The summed E-state index contributed by atoms with van der Waals surface area (Å²) in [6.45, 7) is 8.72. The van der Waals surface area contributed by atoms with Crippen LogP contribution in [0.2, 0.25) is 0 Å². The van der Waals surface area contributed by atoms with Gasteiger partial charge in [-0.25, -0.2) is 0 Å². The summed E-state index contributed by atoms with van der Waals surface area (Å²) >= 11 is 0. The molecule has 0 radical (unpaired) electrons. The summed E-state index contributed by atoms with van der Waals surface area (Å²) in [5, 5.41) is 3.67. The Morgan fingerprint density at radius 1 is 1.23 bits per heavy atom. The van der Waals surface area contributed by atoms with Gasteiger partial charge in [0.2, 0.25) is 0 Å². The lowest BCUT2D eigenvalue weighted by molar-refractivity contribution is 0.0747. The Labute approximate surface area is 82.0 Å². The highest BCUT2D eigenvalue weighted by molar-refractivity contribution is 4.74. The summed E-state index contributed by atoms with van der Waals surface area (Å²) in [5.41, 5.74) is 0. The maximum Gasteiger partial charge on any atom is 0.0480 e. The molecule has 1 rings (SSSR count). The van der Waals surface area contributed by atoms with Gasteiger partial charge in [-0.1, -0.05) is 13.8 Å². The minimum atomic E-state index is 0.656. The van der Waals surface area contributed by atoms with Crippen LogP contribution in [0, 0.1) is 5.92 Å². The van der Waals surface area contributed by atoms with E-state index in [0.717, 1.165) is 19.1 Å². The van der Waals surface area contributed by atoms with E-state index in [1.807, 2.05) is 0 Å². The minimum Gasteiger partial charge on any atom is -0.381 e. The fourth-order valence-corrected chi connectivity index (χ4v) is 2.04. The molecule has 0 bridgehead atoms. The molecule has 13 heavy (non-hydrogen) atoms. The first kappa shape index (κ1) is 11.0. The molecule has 0 saturated carbocycles. The van der Waals surface area contributed by atoms with Crippen molar-refractivity contribution in [1.29, 1.82) is 0 Å². The Kier molecular flexibility index (Phi) is 4.74. The van der Waals surface area contributed by atoms with Gasteiger partial charge in [-0.2, -0.15) is 0 Å². The largest absolute Gasteiger partial charge is 0.381 e. The van der Waals surface area contributed by atoms with Crippen LogP contribution in [0.3, 0.4) is 0 Å². The van der Waals surface area contributed by atoms with Crippen LogP contribution in [0.15, 0.2) is 0 Å². The Bertz CT molecular complexity index is 130. The van der Waals surface area contributed by atoms with Crippen molar-refractivity contribution in [3.63, 3.8) is 0 Å². The summed E-state index contributed by atoms with van der Waals surface area (Å²) in [6, 6.07) is 1.35. The molecule has 2 heteroatoms. The molecule has 1 saturated heterocycles. The van der Waals surface area contributed by atoms with E-state index in [1.54, 1.807) is 0 Å². The van der Waals surface area contributed by atoms with Gasteiger partial charge in [0.05, 0.1) is 0 Å². The molecule has 0 aromatic rings. The molecule has 0 aromatic heterocycles. The van der Waals surface area contributed by atoms with E-state index in [-0.39, 0.29) is 0 Å². The highest BCUT2D eigenvalue weighted by Crippen LogP contribution is 2.10. The Hall–Kier alpha value is -0.0800. The molecule has 1 unspecified atom stereocenters. The zero-order valence-electron chi connectivity index (χ0n) is 9.18. The van der Waals surface area contributed by atoms with E-state index in [2.05, 4.69) is 26.1 Å². The number of rotatable bonds is 4. The Morgan fingerprint density at radius 2 is 1.85 bits per heavy atom. The van der Waals surface area contributed by atoms with Crippen molar-refractivity contribution in [3.05, 3.63) is 0 Å². The summed E-state index contributed by atoms with van der Waals surface area (Å²) in [6.07, 6.45) is 3.64. The first-order valence-electron chi connectivity index (χ1n) is 5.52. The summed E-state index contributed by atoms with van der Waals surface area (Å²) in [4.78, 5) is 0. The summed E-state index contributed by atoms with van der Waals surface area (Å²) < 4.78 is 5.32. The number of hydrogen-bond acceptors (Lipinski definition) is 2. The van der Waals surface area contributed by atoms with Gasteiger partial charge in [0.1, 0.15) is 0 Å². The predicted octanol–water partition coefficient (Wildman–Crippen LogP) is 2.19. The number of nitrogens with one attached hydrogen (secondary N) is 1. The second-order valence-corrected chi connectivity index (χ2v) is 4.58. The van der Waals surface area contributed by atoms with Gasteiger partial charge >= 0.3 is 0 Å². The van der Waals surface area contributed by atoms with Gasteiger partial charge in [-0.3, -0.25) is 0 Å². The van der Waals surface area contributed by atoms with Crippen LogP contribution in [0.1, 0.15) is 40.0 Å². The van der Waals surface area contributed by atoms with E-state index < -0.39 is 0 Å². The average molecular weight is 185 g/mol. The van der Waals surface area contributed by atoms with Gasteiger partial charge in [0.25, 0.3) is 0 Å². The molecule has 0 aliphatic carbocycles. The van der Waals surface area contributed by atoms with Crippen molar-refractivity contribution in [2.24, 2.45) is 5.92 Å². The third kappa shape index (κ3) is 4.63. The van der Waals surface area contributed by atoms with Gasteiger partial charge < -0.3 is 10.1 Å². The maximum absolute atomic E-state index is 5.32. The van der Waals surface area contributed by atoms with Crippen LogP contribution in [0.4, 0.5) is 0 Å². The first-order valence-corrected chi connectivity index (χ1v) is 5.52. The molecular formula is C11H23NO. The molecule has 0 spiro atoms. The van der Waals surface area contributed by atoms with E-state index >= 15 is 0 Å². The van der Waals surface area contributed by atoms with Crippen LogP contribution >= 0.6 is 0 Å². The number of ether oxygens (including phenoxy) is 1. The molecule has 1 aliphatic rings. The molecule has 0 aromatic carbocycles. The van der Waals surface area contributed by atoms with Crippen LogP contribution < -0.4 is 5.32 Å². The van der Waals surface area contributed by atoms with Crippen molar-refractivity contribution in [3.8, 4) is 0 Å². The van der Waals surface area contributed by atoms with Crippen LogP contribution in [-0.4, -0.2) is 25.3 Å². The predicted molar refractivity (Wildman–Crippen MR) is 55.9 cm³/mol. The molecule has 0 amide bonds. The van der Waals surface area contributed by atoms with Crippen molar-refractivity contribution in [2.75, 3.05) is 13.2 Å². The zero-order valence-corrected chi connectivity index (χ0v) is 9.18. The average Bonchev–Trinajstić information content (AvgIpc) is 2.04. The highest BCUT2D eigenvalue weighted by atomic mass is 16.5. The van der Waals surface area contributed by atoms with Crippen LogP contribution in [0.25, 0.3) is 0 Å². The van der Waals surface area contributed by atoms with Gasteiger partial charge in [-0.05, 0) is 32.1 Å². The maximum atomic E-state index is 5.32. The molecule has 1 fully saturated rings. The molecular weight excluding hydrogens is 162 g/mol. The fourth-order valence-electron chi connectivity index (χ4n) is 2.04. The first-order chi connectivity index (χ1) is 6.18. The smallest absolute Gasteiger partial charge is 0.0480 e. The summed E-state index contributed by atoms with van der Waals surface area (Å²) in [7, 11) is 0. The molecule has 1 heterocycles. The molecule has 2 nitrogen and oxygen atoms in total. The monoisotopic (exact) mass is 185 g/mol.